The molecule has 3 heterocycles. The topological polar surface area (TPSA) is 137 Å². The fourth-order valence-electron chi connectivity index (χ4n) is 4.05. The van der Waals surface area contributed by atoms with Crippen molar-refractivity contribution in [3.05, 3.63) is 65.4 Å². The van der Waals surface area contributed by atoms with Crippen LogP contribution in [-0.4, -0.2) is 76.5 Å². The number of carbonyl (C=O) groups excluding carboxylic acids is 3. The van der Waals surface area contributed by atoms with E-state index in [-0.39, 0.29) is 31.2 Å². The third-order valence-corrected chi connectivity index (χ3v) is 5.85. The molecule has 3 amide bonds. The Morgan fingerprint density at radius 2 is 2.06 bits per heavy atom. The van der Waals surface area contributed by atoms with Crippen molar-refractivity contribution in [2.75, 3.05) is 25.5 Å². The van der Waals surface area contributed by atoms with Crippen LogP contribution in [-0.2, 0) is 20.8 Å². The van der Waals surface area contributed by atoms with Crippen LogP contribution in [0.3, 0.4) is 0 Å². The minimum Gasteiger partial charge on any atom is -0.457 e. The molecule has 2 aliphatic rings. The zero-order valence-corrected chi connectivity index (χ0v) is 20.1. The Morgan fingerprint density at radius 3 is 2.72 bits per heavy atom. The first-order valence-corrected chi connectivity index (χ1v) is 11.4. The molecule has 1 fully saturated rings. The molecule has 2 aromatic rings. The molecule has 0 saturated carbocycles. The van der Waals surface area contributed by atoms with E-state index in [1.165, 1.54) is 4.90 Å². The van der Waals surface area contributed by atoms with Gasteiger partial charge >= 0.3 is 5.91 Å². The van der Waals surface area contributed by atoms with Crippen LogP contribution in [0.4, 0.5) is 5.69 Å². The van der Waals surface area contributed by atoms with E-state index in [4.69, 9.17) is 9.26 Å². The number of likely N-dealkylation sites (tertiary alicyclic amines) is 1. The smallest absolute Gasteiger partial charge is 0.315 e. The number of aromatic nitrogens is 1. The number of β-amino-alcohol motifs (C(OH)–C–C–N with tert-alkyl or cyclic N) is 1. The lowest BCUT2D eigenvalue weighted by atomic mass is 10.1. The highest BCUT2D eigenvalue weighted by Gasteiger charge is 2.39. The average molecular weight is 495 g/mol. The SMILES string of the molecule is C=[N+]1CC=C(Oc2ccc(NC(=O)C3CC(O)CN3C(=O)Cc3cc(C)no3)cc2)C=C1C(=O)NC. The Balaban J connectivity index is 1.37. The Kier molecular flexibility index (Phi) is 7.30. The summed E-state index contributed by atoms with van der Waals surface area (Å²) in [7, 11) is 1.54. The summed E-state index contributed by atoms with van der Waals surface area (Å²) < 4.78 is 12.5. The number of likely N-dealkylation sites (N-methyl/N-ethyl adjacent to an activating group) is 1. The van der Waals surface area contributed by atoms with Crippen LogP contribution in [0.1, 0.15) is 17.9 Å². The van der Waals surface area contributed by atoms with E-state index in [0.29, 0.717) is 40.9 Å². The molecule has 0 radical (unpaired) electrons. The molecule has 2 atom stereocenters. The van der Waals surface area contributed by atoms with Gasteiger partial charge in [0.25, 0.3) is 5.70 Å². The molecule has 3 N–H and O–H groups in total. The van der Waals surface area contributed by atoms with Gasteiger partial charge in [-0.3, -0.25) is 14.4 Å². The number of ether oxygens (including phenoxy) is 1. The van der Waals surface area contributed by atoms with Crippen LogP contribution in [0.2, 0.25) is 0 Å². The molecule has 2 aliphatic heterocycles. The summed E-state index contributed by atoms with van der Waals surface area (Å²) in [6, 6.07) is 7.55. The third-order valence-electron chi connectivity index (χ3n) is 5.85. The number of rotatable bonds is 7. The van der Waals surface area contributed by atoms with Gasteiger partial charge in [0, 0.05) is 37.8 Å². The number of anilines is 1. The molecule has 2 unspecified atom stereocenters. The monoisotopic (exact) mass is 494 g/mol. The Bertz CT molecular complexity index is 1250. The van der Waals surface area contributed by atoms with Gasteiger partial charge in [-0.15, -0.1) is 0 Å². The minimum atomic E-state index is -0.807. The Labute approximate surface area is 207 Å². The van der Waals surface area contributed by atoms with E-state index >= 15 is 0 Å². The number of hydrogen-bond donors (Lipinski definition) is 3. The number of nitrogens with zero attached hydrogens (tertiary/aromatic N) is 3. The fourth-order valence-corrected chi connectivity index (χ4v) is 4.05. The highest BCUT2D eigenvalue weighted by atomic mass is 16.5. The first kappa shape index (κ1) is 24.9. The summed E-state index contributed by atoms with van der Waals surface area (Å²) in [4.78, 5) is 39.1. The number of allylic oxidation sites excluding steroid dienone is 1. The predicted molar refractivity (Wildman–Crippen MR) is 129 cm³/mol. The summed E-state index contributed by atoms with van der Waals surface area (Å²) in [5.41, 5.74) is 1.55. The molecule has 188 valence electrons. The van der Waals surface area contributed by atoms with Gasteiger partial charge < -0.3 is 29.9 Å². The van der Waals surface area contributed by atoms with Gasteiger partial charge in [-0.1, -0.05) is 5.16 Å². The van der Waals surface area contributed by atoms with Crippen LogP contribution in [0, 0.1) is 6.92 Å². The highest BCUT2D eigenvalue weighted by Crippen LogP contribution is 2.24. The zero-order chi connectivity index (χ0) is 25.8. The molecule has 36 heavy (non-hydrogen) atoms. The van der Waals surface area contributed by atoms with Crippen molar-refractivity contribution in [3.8, 4) is 5.75 Å². The van der Waals surface area contributed by atoms with Crippen molar-refractivity contribution in [3.63, 3.8) is 0 Å². The van der Waals surface area contributed by atoms with Gasteiger partial charge in [0.05, 0.1) is 24.3 Å². The van der Waals surface area contributed by atoms with E-state index in [9.17, 15) is 19.5 Å². The highest BCUT2D eigenvalue weighted by molar-refractivity contribution is 5.98. The van der Waals surface area contributed by atoms with E-state index < -0.39 is 18.1 Å². The number of aliphatic hydroxyl groups is 1. The van der Waals surface area contributed by atoms with Gasteiger partial charge in [-0.25, -0.2) is 0 Å². The standard InChI is InChI=1S/C25H27N5O6/c1-15-10-20(36-28-15)13-23(32)30-14-17(31)11-22(30)25(34)27-16-4-6-18(7-5-16)35-19-8-9-29(3)21(12-19)24(33)26-2/h4-8,10,12,17,22,31H,3,9,11,13-14H2,1-2H3,(H-,26,27,33,34)/p+1. The summed E-state index contributed by atoms with van der Waals surface area (Å²) in [5, 5.41) is 19.2. The van der Waals surface area contributed by atoms with Gasteiger partial charge in [0.2, 0.25) is 11.8 Å². The molecule has 1 saturated heterocycles. The van der Waals surface area contributed by atoms with Crippen LogP contribution < -0.4 is 15.4 Å². The molecule has 4 rings (SSSR count). The third kappa shape index (κ3) is 5.69. The number of hydrogen-bond acceptors (Lipinski definition) is 7. The van der Waals surface area contributed by atoms with Crippen molar-refractivity contribution in [1.29, 1.82) is 0 Å². The second-order valence-corrected chi connectivity index (χ2v) is 8.62. The van der Waals surface area contributed by atoms with E-state index in [1.807, 2.05) is 0 Å². The molecule has 0 bridgehead atoms. The van der Waals surface area contributed by atoms with Crippen molar-refractivity contribution in [2.24, 2.45) is 0 Å². The molecule has 11 nitrogen and oxygen atoms in total. The maximum atomic E-state index is 12.9. The van der Waals surface area contributed by atoms with Gasteiger partial charge in [-0.05, 0) is 31.2 Å². The minimum absolute atomic E-state index is 0.0405. The van der Waals surface area contributed by atoms with Crippen molar-refractivity contribution in [2.45, 2.75) is 31.9 Å². The lowest BCUT2D eigenvalue weighted by molar-refractivity contribution is -0.452. The number of carbonyl (C=O) groups is 3. The van der Waals surface area contributed by atoms with Crippen molar-refractivity contribution >= 4 is 30.1 Å². The lowest BCUT2D eigenvalue weighted by Gasteiger charge is -2.23. The first-order chi connectivity index (χ1) is 17.2. The van der Waals surface area contributed by atoms with E-state index in [0.717, 1.165) is 0 Å². The van der Waals surface area contributed by atoms with E-state index in [2.05, 4.69) is 22.5 Å². The number of benzene rings is 1. The molecule has 1 aromatic heterocycles. The number of nitrogens with one attached hydrogen (secondary N) is 2. The molecule has 1 aromatic carbocycles. The quantitative estimate of drug-likeness (QED) is 0.483. The number of aliphatic hydroxyl groups excluding tert-OH is 1. The van der Waals surface area contributed by atoms with Crippen LogP contribution in [0.15, 0.2) is 58.5 Å². The number of amides is 3. The average Bonchev–Trinajstić information content (AvgIpc) is 3.46. The normalized spacial score (nSPS) is 19.4. The zero-order valence-electron chi connectivity index (χ0n) is 20.1. The Morgan fingerprint density at radius 1 is 1.31 bits per heavy atom. The predicted octanol–water partition coefficient (Wildman–Crippen LogP) is 0.745. The maximum Gasteiger partial charge on any atom is 0.315 e. The van der Waals surface area contributed by atoms with Gasteiger partial charge in [0.15, 0.2) is 6.54 Å². The molecule has 0 spiro atoms. The second kappa shape index (κ2) is 10.6. The van der Waals surface area contributed by atoms with Crippen LogP contribution in [0.25, 0.3) is 0 Å². The summed E-state index contributed by atoms with van der Waals surface area (Å²) >= 11 is 0. The molecular weight excluding hydrogens is 466 g/mol. The first-order valence-electron chi connectivity index (χ1n) is 11.4. The van der Waals surface area contributed by atoms with Crippen LogP contribution >= 0.6 is 0 Å². The summed E-state index contributed by atoms with van der Waals surface area (Å²) in [5.74, 6) is 0.434. The van der Waals surface area contributed by atoms with Crippen molar-refractivity contribution in [1.82, 2.24) is 15.4 Å². The second-order valence-electron chi connectivity index (χ2n) is 8.62. The van der Waals surface area contributed by atoms with Crippen molar-refractivity contribution < 1.29 is 33.3 Å². The van der Waals surface area contributed by atoms with Crippen LogP contribution in [0.5, 0.6) is 5.75 Å². The Hall–Kier alpha value is -4.25. The van der Waals surface area contributed by atoms with E-state index in [1.54, 1.807) is 61.0 Å². The molecule has 11 heteroatoms. The maximum absolute atomic E-state index is 12.9. The molecular formula is C25H28N5O6+. The number of aryl methyl sites for hydroxylation is 1. The largest absolute Gasteiger partial charge is 0.457 e. The fraction of sp³-hybridized carbons (Fsp3) is 0.320. The van der Waals surface area contributed by atoms with Gasteiger partial charge in [-0.2, -0.15) is 4.58 Å². The van der Waals surface area contributed by atoms with Gasteiger partial charge in [0.1, 0.15) is 30.0 Å². The summed E-state index contributed by atoms with van der Waals surface area (Å²) in [6.45, 7) is 6.06. The summed E-state index contributed by atoms with van der Waals surface area (Å²) in [6.07, 6.45) is 2.71. The lowest BCUT2D eigenvalue weighted by Crippen LogP contribution is -2.43. The molecule has 0 aliphatic carbocycles.